The van der Waals surface area contributed by atoms with Crippen LogP contribution in [0.1, 0.15) is 67.1 Å². The molecule has 0 bridgehead atoms. The van der Waals surface area contributed by atoms with Crippen molar-refractivity contribution >= 4 is 5.97 Å². The van der Waals surface area contributed by atoms with Crippen molar-refractivity contribution in [3.05, 3.63) is 17.3 Å². The quantitative estimate of drug-likeness (QED) is 0.755. The highest BCUT2D eigenvalue weighted by atomic mass is 16.5. The molecule has 17 heavy (non-hydrogen) atoms. The third-order valence-corrected chi connectivity index (χ3v) is 3.28. The van der Waals surface area contributed by atoms with E-state index in [2.05, 4.69) is 11.9 Å². The van der Waals surface area contributed by atoms with E-state index in [4.69, 9.17) is 9.15 Å². The maximum atomic E-state index is 11.6. The van der Waals surface area contributed by atoms with Gasteiger partial charge in [0.2, 0.25) is 5.76 Å². The molecule has 0 aliphatic heterocycles. The Bertz CT molecular complexity index is 391. The Morgan fingerprint density at radius 1 is 1.47 bits per heavy atom. The SMILES string of the molecule is CCCc1nc(C2CCCC2)oc1C(=O)OC. The average molecular weight is 237 g/mol. The van der Waals surface area contributed by atoms with Crippen LogP contribution in [0.4, 0.5) is 0 Å². The van der Waals surface area contributed by atoms with Gasteiger partial charge in [-0.15, -0.1) is 0 Å². The molecule has 0 saturated heterocycles. The number of aryl methyl sites for hydroxylation is 1. The summed E-state index contributed by atoms with van der Waals surface area (Å²) in [5, 5.41) is 0. The van der Waals surface area contributed by atoms with Crippen LogP contribution in [-0.4, -0.2) is 18.1 Å². The number of ether oxygens (including phenoxy) is 1. The van der Waals surface area contributed by atoms with Gasteiger partial charge >= 0.3 is 5.97 Å². The Morgan fingerprint density at radius 3 is 2.76 bits per heavy atom. The third-order valence-electron chi connectivity index (χ3n) is 3.28. The minimum atomic E-state index is -0.412. The fourth-order valence-electron chi connectivity index (χ4n) is 2.38. The minimum absolute atomic E-state index is 0.302. The second kappa shape index (κ2) is 5.34. The Labute approximate surface area is 101 Å². The minimum Gasteiger partial charge on any atom is -0.463 e. The fraction of sp³-hybridized carbons (Fsp3) is 0.692. The molecular formula is C13H19NO3. The Balaban J connectivity index is 2.26. The molecule has 94 valence electrons. The van der Waals surface area contributed by atoms with Crippen LogP contribution in [0, 0.1) is 0 Å². The lowest BCUT2D eigenvalue weighted by Gasteiger charge is -2.01. The molecule has 1 aliphatic rings. The largest absolute Gasteiger partial charge is 0.463 e. The van der Waals surface area contributed by atoms with Gasteiger partial charge in [-0.1, -0.05) is 26.2 Å². The summed E-state index contributed by atoms with van der Waals surface area (Å²) in [7, 11) is 1.37. The maximum absolute atomic E-state index is 11.6. The van der Waals surface area contributed by atoms with Crippen molar-refractivity contribution in [1.82, 2.24) is 4.98 Å². The van der Waals surface area contributed by atoms with E-state index in [1.54, 1.807) is 0 Å². The lowest BCUT2D eigenvalue weighted by molar-refractivity contribution is 0.0560. The van der Waals surface area contributed by atoms with Crippen molar-refractivity contribution in [1.29, 1.82) is 0 Å². The monoisotopic (exact) mass is 237 g/mol. The summed E-state index contributed by atoms with van der Waals surface area (Å²) in [5.74, 6) is 1.01. The van der Waals surface area contributed by atoms with E-state index in [9.17, 15) is 4.79 Å². The number of hydrogen-bond donors (Lipinski definition) is 0. The molecule has 0 atom stereocenters. The van der Waals surface area contributed by atoms with E-state index in [0.29, 0.717) is 11.7 Å². The third kappa shape index (κ3) is 2.51. The van der Waals surface area contributed by atoms with Gasteiger partial charge in [-0.3, -0.25) is 0 Å². The van der Waals surface area contributed by atoms with Crippen molar-refractivity contribution in [3.63, 3.8) is 0 Å². The van der Waals surface area contributed by atoms with Gasteiger partial charge in [0.1, 0.15) is 0 Å². The number of carbonyl (C=O) groups is 1. The molecular weight excluding hydrogens is 218 g/mol. The van der Waals surface area contributed by atoms with Crippen LogP contribution in [0.15, 0.2) is 4.42 Å². The van der Waals surface area contributed by atoms with Crippen LogP contribution in [-0.2, 0) is 11.2 Å². The summed E-state index contributed by atoms with van der Waals surface area (Å²) in [6.45, 7) is 2.06. The highest BCUT2D eigenvalue weighted by Crippen LogP contribution is 2.34. The van der Waals surface area contributed by atoms with E-state index < -0.39 is 5.97 Å². The molecule has 0 unspecified atom stereocenters. The number of aromatic nitrogens is 1. The predicted molar refractivity (Wildman–Crippen MR) is 63.0 cm³/mol. The average Bonchev–Trinajstić information content (AvgIpc) is 2.96. The molecule has 1 aliphatic carbocycles. The lowest BCUT2D eigenvalue weighted by Crippen LogP contribution is -2.03. The smallest absolute Gasteiger partial charge is 0.375 e. The van der Waals surface area contributed by atoms with Crippen molar-refractivity contribution in [2.75, 3.05) is 7.11 Å². The first-order valence-electron chi connectivity index (χ1n) is 6.34. The van der Waals surface area contributed by atoms with Crippen LogP contribution in [0.25, 0.3) is 0 Å². The number of hydrogen-bond acceptors (Lipinski definition) is 4. The van der Waals surface area contributed by atoms with Crippen molar-refractivity contribution in [2.45, 2.75) is 51.4 Å². The van der Waals surface area contributed by atoms with Crippen LogP contribution in [0.3, 0.4) is 0 Å². The normalized spacial score (nSPS) is 16.4. The number of carbonyl (C=O) groups excluding carboxylic acids is 1. The number of rotatable bonds is 4. The zero-order valence-electron chi connectivity index (χ0n) is 10.5. The van der Waals surface area contributed by atoms with E-state index in [-0.39, 0.29) is 0 Å². The molecule has 1 aromatic heterocycles. The highest BCUT2D eigenvalue weighted by molar-refractivity contribution is 5.87. The Hall–Kier alpha value is -1.32. The molecule has 4 heteroatoms. The summed E-state index contributed by atoms with van der Waals surface area (Å²) in [6.07, 6.45) is 6.40. The van der Waals surface area contributed by atoms with Crippen LogP contribution >= 0.6 is 0 Å². The molecule has 2 rings (SSSR count). The van der Waals surface area contributed by atoms with Gasteiger partial charge in [0.15, 0.2) is 5.89 Å². The number of esters is 1. The molecule has 1 aromatic rings. The molecule has 1 saturated carbocycles. The number of nitrogens with zero attached hydrogens (tertiary/aromatic N) is 1. The second-order valence-corrected chi connectivity index (χ2v) is 4.55. The molecule has 1 heterocycles. The fourth-order valence-corrected chi connectivity index (χ4v) is 2.38. The van der Waals surface area contributed by atoms with Gasteiger partial charge in [-0.2, -0.15) is 0 Å². The molecule has 1 fully saturated rings. The molecule has 0 N–H and O–H groups in total. The molecule has 0 radical (unpaired) electrons. The van der Waals surface area contributed by atoms with Gasteiger partial charge < -0.3 is 9.15 Å². The van der Waals surface area contributed by atoms with Crippen molar-refractivity contribution < 1.29 is 13.9 Å². The molecule has 0 aromatic carbocycles. The first-order valence-corrected chi connectivity index (χ1v) is 6.34. The summed E-state index contributed by atoms with van der Waals surface area (Å²) in [4.78, 5) is 16.1. The van der Waals surface area contributed by atoms with E-state index in [1.807, 2.05) is 0 Å². The standard InChI is InChI=1S/C13H19NO3/c1-3-6-10-11(13(15)16-2)17-12(14-10)9-7-4-5-8-9/h9H,3-8H2,1-2H3. The summed E-state index contributed by atoms with van der Waals surface area (Å²) in [5.41, 5.74) is 0.751. The summed E-state index contributed by atoms with van der Waals surface area (Å²) < 4.78 is 10.3. The molecule has 4 nitrogen and oxygen atoms in total. The van der Waals surface area contributed by atoms with E-state index in [0.717, 1.165) is 37.3 Å². The van der Waals surface area contributed by atoms with Crippen molar-refractivity contribution in [3.8, 4) is 0 Å². The zero-order valence-corrected chi connectivity index (χ0v) is 10.5. The van der Waals surface area contributed by atoms with Crippen LogP contribution in [0.5, 0.6) is 0 Å². The maximum Gasteiger partial charge on any atom is 0.375 e. The van der Waals surface area contributed by atoms with Gasteiger partial charge in [-0.25, -0.2) is 9.78 Å². The first-order chi connectivity index (χ1) is 8.26. The van der Waals surface area contributed by atoms with Gasteiger partial charge in [0.25, 0.3) is 0 Å². The van der Waals surface area contributed by atoms with Crippen molar-refractivity contribution in [2.24, 2.45) is 0 Å². The summed E-state index contributed by atoms with van der Waals surface area (Å²) >= 11 is 0. The summed E-state index contributed by atoms with van der Waals surface area (Å²) in [6, 6.07) is 0. The topological polar surface area (TPSA) is 52.3 Å². The Kier molecular flexibility index (Phi) is 3.82. The van der Waals surface area contributed by atoms with Crippen LogP contribution < -0.4 is 0 Å². The van der Waals surface area contributed by atoms with Gasteiger partial charge in [-0.05, 0) is 19.3 Å². The second-order valence-electron chi connectivity index (χ2n) is 4.55. The lowest BCUT2D eigenvalue weighted by atomic mass is 10.1. The number of oxazole rings is 1. The molecule has 0 spiro atoms. The zero-order chi connectivity index (χ0) is 12.3. The Morgan fingerprint density at radius 2 is 2.18 bits per heavy atom. The highest BCUT2D eigenvalue weighted by Gasteiger charge is 2.26. The van der Waals surface area contributed by atoms with Gasteiger partial charge in [0, 0.05) is 5.92 Å². The van der Waals surface area contributed by atoms with Gasteiger partial charge in [0.05, 0.1) is 12.8 Å². The first kappa shape index (κ1) is 12.1. The molecule has 0 amide bonds. The van der Waals surface area contributed by atoms with E-state index >= 15 is 0 Å². The van der Waals surface area contributed by atoms with E-state index in [1.165, 1.54) is 20.0 Å². The predicted octanol–water partition coefficient (Wildman–Crippen LogP) is 3.07. The van der Waals surface area contributed by atoms with Crippen LogP contribution in [0.2, 0.25) is 0 Å². The number of methoxy groups -OCH3 is 1.